The van der Waals surface area contributed by atoms with Gasteiger partial charge in [-0.25, -0.2) is 0 Å². The molecule has 1 saturated heterocycles. The standard InChI is InChI=1S/C31H51N3/c1-3-7-23(8-4-1)16-28-21-32-30-33(29(22-34(28)30)17-24-9-5-2-6-10-24)12-11-31-18-25-13-26(19-31)15-27(14-25)20-31/h23-29H,1-22H2/t25?,26?,27?,28-,29-,31?/m0/s1. The fraction of sp³-hybridized carbons (Fsp3) is 0.968. The van der Waals surface area contributed by atoms with Gasteiger partial charge in [-0.05, 0) is 92.8 Å². The Morgan fingerprint density at radius 2 is 1.26 bits per heavy atom. The van der Waals surface area contributed by atoms with E-state index < -0.39 is 0 Å². The lowest BCUT2D eigenvalue weighted by molar-refractivity contribution is -0.0597. The average molecular weight is 466 g/mol. The van der Waals surface area contributed by atoms with Crippen LogP contribution in [0.25, 0.3) is 0 Å². The molecule has 6 saturated carbocycles. The van der Waals surface area contributed by atoms with Crippen molar-refractivity contribution in [2.75, 3.05) is 19.6 Å². The van der Waals surface area contributed by atoms with Crippen LogP contribution in [0.4, 0.5) is 0 Å². The molecule has 0 unspecified atom stereocenters. The lowest BCUT2D eigenvalue weighted by atomic mass is 9.49. The Kier molecular flexibility index (Phi) is 6.14. The molecule has 4 bridgehead atoms. The SMILES string of the molecule is C1CCC(C[C@H]2CN=C3N(CCC45CC6CC(CC(C6)C4)C5)[C@@H](CC4CCCCC4)CN32)CC1. The second-order valence-corrected chi connectivity index (χ2v) is 14.4. The summed E-state index contributed by atoms with van der Waals surface area (Å²) in [5.41, 5.74) is 0.707. The summed E-state index contributed by atoms with van der Waals surface area (Å²) >= 11 is 0. The third-order valence-electron chi connectivity index (χ3n) is 12.0. The molecule has 34 heavy (non-hydrogen) atoms. The third-order valence-corrected chi connectivity index (χ3v) is 12.0. The Labute approximate surface area is 209 Å². The maximum absolute atomic E-state index is 5.30. The second kappa shape index (κ2) is 9.29. The summed E-state index contributed by atoms with van der Waals surface area (Å²) in [5.74, 6) is 6.67. The van der Waals surface area contributed by atoms with Gasteiger partial charge in [-0.1, -0.05) is 64.2 Å². The molecule has 0 spiro atoms. The number of nitrogens with zero attached hydrogens (tertiary/aromatic N) is 3. The summed E-state index contributed by atoms with van der Waals surface area (Å²) in [6, 6.07) is 1.47. The molecular weight excluding hydrogens is 414 g/mol. The highest BCUT2D eigenvalue weighted by atomic mass is 15.5. The van der Waals surface area contributed by atoms with E-state index >= 15 is 0 Å². The average Bonchev–Trinajstić information content (AvgIpc) is 3.37. The monoisotopic (exact) mass is 465 g/mol. The van der Waals surface area contributed by atoms with E-state index in [0.717, 1.165) is 48.2 Å². The molecule has 8 rings (SSSR count). The molecule has 2 atom stereocenters. The third kappa shape index (κ3) is 4.34. The molecule has 2 aliphatic heterocycles. The molecule has 3 nitrogen and oxygen atoms in total. The Hall–Kier alpha value is -0.730. The van der Waals surface area contributed by atoms with Gasteiger partial charge in [0, 0.05) is 19.1 Å². The summed E-state index contributed by atoms with van der Waals surface area (Å²) in [4.78, 5) is 11.0. The van der Waals surface area contributed by atoms with Gasteiger partial charge in [0.2, 0.25) is 0 Å². The number of fused-ring (bicyclic) bond motifs is 1. The smallest absolute Gasteiger partial charge is 0.197 e. The van der Waals surface area contributed by atoms with E-state index in [9.17, 15) is 0 Å². The Morgan fingerprint density at radius 1 is 0.706 bits per heavy atom. The predicted octanol–water partition coefficient (Wildman–Crippen LogP) is 7.26. The van der Waals surface area contributed by atoms with Crippen molar-refractivity contribution in [3.8, 4) is 0 Å². The number of hydrogen-bond donors (Lipinski definition) is 0. The molecule has 0 radical (unpaired) electrons. The fourth-order valence-electron chi connectivity index (χ4n) is 10.8. The first-order valence-corrected chi connectivity index (χ1v) is 15.8. The predicted molar refractivity (Wildman–Crippen MR) is 141 cm³/mol. The van der Waals surface area contributed by atoms with Crippen LogP contribution in [0.15, 0.2) is 4.99 Å². The molecule has 7 fully saturated rings. The number of guanidine groups is 1. The zero-order valence-electron chi connectivity index (χ0n) is 21.9. The van der Waals surface area contributed by atoms with Gasteiger partial charge in [0.25, 0.3) is 0 Å². The van der Waals surface area contributed by atoms with Crippen molar-refractivity contribution in [3.63, 3.8) is 0 Å². The minimum absolute atomic E-state index is 0.707. The van der Waals surface area contributed by atoms with Gasteiger partial charge < -0.3 is 9.80 Å². The molecule has 0 aromatic rings. The quantitative estimate of drug-likeness (QED) is 0.394. The van der Waals surface area contributed by atoms with Crippen molar-refractivity contribution < 1.29 is 0 Å². The lowest BCUT2D eigenvalue weighted by Crippen LogP contribution is -2.48. The molecule has 6 aliphatic carbocycles. The lowest BCUT2D eigenvalue weighted by Gasteiger charge is -2.57. The molecule has 2 heterocycles. The van der Waals surface area contributed by atoms with Crippen LogP contribution in [0.1, 0.15) is 122 Å². The van der Waals surface area contributed by atoms with Crippen LogP contribution in [-0.2, 0) is 0 Å². The fourth-order valence-corrected chi connectivity index (χ4v) is 10.8. The van der Waals surface area contributed by atoms with Crippen LogP contribution in [-0.4, -0.2) is 47.5 Å². The van der Waals surface area contributed by atoms with Crippen LogP contribution in [0.5, 0.6) is 0 Å². The number of hydrogen-bond acceptors (Lipinski definition) is 3. The van der Waals surface area contributed by atoms with Gasteiger partial charge in [-0.15, -0.1) is 0 Å². The Bertz CT molecular complexity index is 710. The van der Waals surface area contributed by atoms with Crippen LogP contribution in [0, 0.1) is 35.0 Å². The molecule has 190 valence electrons. The molecule has 0 aromatic carbocycles. The van der Waals surface area contributed by atoms with Crippen molar-refractivity contribution in [2.24, 2.45) is 40.0 Å². The summed E-state index contributed by atoms with van der Waals surface area (Å²) in [5, 5.41) is 0. The van der Waals surface area contributed by atoms with Gasteiger partial charge in [0.15, 0.2) is 5.96 Å². The van der Waals surface area contributed by atoms with E-state index in [0.29, 0.717) is 5.41 Å². The van der Waals surface area contributed by atoms with E-state index in [1.165, 1.54) is 103 Å². The van der Waals surface area contributed by atoms with Gasteiger partial charge in [0.05, 0.1) is 12.6 Å². The highest BCUT2D eigenvalue weighted by Gasteiger charge is 2.51. The molecular formula is C31H51N3. The highest BCUT2D eigenvalue weighted by molar-refractivity contribution is 5.84. The van der Waals surface area contributed by atoms with Gasteiger partial charge in [-0.2, -0.15) is 0 Å². The van der Waals surface area contributed by atoms with Crippen molar-refractivity contribution >= 4 is 5.96 Å². The summed E-state index contributed by atoms with van der Waals surface area (Å²) in [6.45, 7) is 3.71. The van der Waals surface area contributed by atoms with Crippen LogP contribution in [0.2, 0.25) is 0 Å². The molecule has 3 heteroatoms. The van der Waals surface area contributed by atoms with Crippen molar-refractivity contribution in [1.82, 2.24) is 9.80 Å². The maximum Gasteiger partial charge on any atom is 0.197 e. The van der Waals surface area contributed by atoms with E-state index in [2.05, 4.69) is 9.80 Å². The zero-order valence-corrected chi connectivity index (χ0v) is 21.9. The zero-order chi connectivity index (χ0) is 22.5. The van der Waals surface area contributed by atoms with E-state index in [4.69, 9.17) is 4.99 Å². The van der Waals surface area contributed by atoms with Crippen molar-refractivity contribution in [1.29, 1.82) is 0 Å². The van der Waals surface area contributed by atoms with Crippen molar-refractivity contribution in [3.05, 3.63) is 0 Å². The Morgan fingerprint density at radius 3 is 1.85 bits per heavy atom. The molecule has 0 amide bonds. The normalized spacial score (nSPS) is 42.5. The van der Waals surface area contributed by atoms with Gasteiger partial charge in [0.1, 0.15) is 0 Å². The van der Waals surface area contributed by atoms with E-state index in [1.54, 1.807) is 38.5 Å². The van der Waals surface area contributed by atoms with Crippen LogP contribution in [0.3, 0.4) is 0 Å². The molecule has 8 aliphatic rings. The summed E-state index contributed by atoms with van der Waals surface area (Å²) < 4.78 is 0. The first-order valence-electron chi connectivity index (χ1n) is 15.8. The molecule has 0 aromatic heterocycles. The topological polar surface area (TPSA) is 18.8 Å². The minimum atomic E-state index is 0.707. The van der Waals surface area contributed by atoms with Crippen molar-refractivity contribution in [2.45, 2.75) is 134 Å². The highest BCUT2D eigenvalue weighted by Crippen LogP contribution is 2.61. The Balaban J connectivity index is 1.05. The summed E-state index contributed by atoms with van der Waals surface area (Å²) in [7, 11) is 0. The van der Waals surface area contributed by atoms with Gasteiger partial charge in [-0.3, -0.25) is 4.99 Å². The van der Waals surface area contributed by atoms with E-state index in [1.807, 2.05) is 0 Å². The number of aliphatic imine (C=N–C) groups is 1. The van der Waals surface area contributed by atoms with Crippen LogP contribution >= 0.6 is 0 Å². The maximum atomic E-state index is 5.30. The first kappa shape index (κ1) is 22.5. The molecule has 0 N–H and O–H groups in total. The van der Waals surface area contributed by atoms with E-state index in [-0.39, 0.29) is 0 Å². The largest absolute Gasteiger partial charge is 0.338 e. The second-order valence-electron chi connectivity index (χ2n) is 14.4. The number of rotatable bonds is 7. The first-order chi connectivity index (χ1) is 16.7. The van der Waals surface area contributed by atoms with Crippen LogP contribution < -0.4 is 0 Å². The minimum Gasteiger partial charge on any atom is -0.338 e. The van der Waals surface area contributed by atoms with Gasteiger partial charge >= 0.3 is 0 Å². The summed E-state index contributed by atoms with van der Waals surface area (Å²) in [6.07, 6.45) is 28.7.